The van der Waals surface area contributed by atoms with Crippen LogP contribution in [0.5, 0.6) is 0 Å². The number of hydrogen-bond donors (Lipinski definition) is 0. The molecule has 4 aromatic carbocycles. The SMILES string of the molecule is C[N+](C)(C)Cc1ccccc1.C[N+](C)(C)Cc1ccccc1.C[N+](C)(C)Cc1ccccc1.O=C([O-])c1ccc(C(=O)[O-])c(C(=O)[O-])c1. The lowest BCUT2D eigenvalue weighted by Gasteiger charge is -2.23. The van der Waals surface area contributed by atoms with Gasteiger partial charge in [0.1, 0.15) is 19.6 Å². The number of nitrogens with zero attached hydrogens (tertiary/aromatic N) is 3. The number of carboxylic acid groups (broad SMARTS) is 3. The highest BCUT2D eigenvalue weighted by molar-refractivity contribution is 6.02. The van der Waals surface area contributed by atoms with Crippen molar-refractivity contribution in [3.63, 3.8) is 0 Å². The molecule has 0 aliphatic rings. The molecule has 48 heavy (non-hydrogen) atoms. The van der Waals surface area contributed by atoms with Crippen LogP contribution in [-0.2, 0) is 19.6 Å². The number of carbonyl (C=O) groups is 3. The molecule has 4 aromatic rings. The summed E-state index contributed by atoms with van der Waals surface area (Å²) in [6.07, 6.45) is 0. The van der Waals surface area contributed by atoms with Gasteiger partial charge >= 0.3 is 0 Å². The van der Waals surface area contributed by atoms with Gasteiger partial charge in [0.2, 0.25) is 0 Å². The highest BCUT2D eigenvalue weighted by Crippen LogP contribution is 2.11. The zero-order valence-electron chi connectivity index (χ0n) is 29.8. The lowest BCUT2D eigenvalue weighted by atomic mass is 10.0. The van der Waals surface area contributed by atoms with Gasteiger partial charge in [0.15, 0.2) is 0 Å². The molecule has 0 saturated heterocycles. The van der Waals surface area contributed by atoms with E-state index in [9.17, 15) is 29.7 Å². The van der Waals surface area contributed by atoms with Crippen molar-refractivity contribution in [3.8, 4) is 0 Å². The van der Waals surface area contributed by atoms with Crippen LogP contribution in [0.2, 0.25) is 0 Å². The largest absolute Gasteiger partial charge is 0.545 e. The third-order valence-corrected chi connectivity index (χ3v) is 6.19. The second-order valence-electron chi connectivity index (χ2n) is 14.4. The Hall–Kier alpha value is -4.83. The molecule has 0 bridgehead atoms. The van der Waals surface area contributed by atoms with E-state index in [1.807, 2.05) is 0 Å². The zero-order chi connectivity index (χ0) is 36.5. The number of aromatic carboxylic acids is 3. The fraction of sp³-hybridized carbons (Fsp3) is 0.308. The lowest BCUT2D eigenvalue weighted by molar-refractivity contribution is -0.884. The number of rotatable bonds is 9. The predicted molar refractivity (Wildman–Crippen MR) is 184 cm³/mol. The first-order valence-electron chi connectivity index (χ1n) is 15.5. The molecule has 0 fully saturated rings. The third kappa shape index (κ3) is 19.0. The van der Waals surface area contributed by atoms with Crippen molar-refractivity contribution in [3.05, 3.63) is 143 Å². The van der Waals surface area contributed by atoms with Gasteiger partial charge < -0.3 is 43.2 Å². The Bertz CT molecular complexity index is 1430. The monoisotopic (exact) mass is 657 g/mol. The third-order valence-electron chi connectivity index (χ3n) is 6.19. The number of hydrogen-bond acceptors (Lipinski definition) is 6. The molecule has 0 aromatic heterocycles. The summed E-state index contributed by atoms with van der Waals surface area (Å²) >= 11 is 0. The van der Waals surface area contributed by atoms with Crippen molar-refractivity contribution >= 4 is 17.9 Å². The average Bonchev–Trinajstić information content (AvgIpc) is 2.97. The smallest absolute Gasteiger partial charge is 0.104 e. The Morgan fingerprint density at radius 3 is 0.938 bits per heavy atom. The van der Waals surface area contributed by atoms with Crippen LogP contribution >= 0.6 is 0 Å². The van der Waals surface area contributed by atoms with Crippen molar-refractivity contribution in [2.75, 3.05) is 63.4 Å². The minimum Gasteiger partial charge on any atom is -0.545 e. The van der Waals surface area contributed by atoms with Crippen LogP contribution in [0, 0.1) is 0 Å². The molecule has 0 aliphatic heterocycles. The van der Waals surface area contributed by atoms with Gasteiger partial charge in [-0.25, -0.2) is 0 Å². The van der Waals surface area contributed by atoms with Crippen LogP contribution < -0.4 is 15.3 Å². The van der Waals surface area contributed by atoms with E-state index < -0.39 is 34.6 Å². The lowest BCUT2D eigenvalue weighted by Crippen LogP contribution is -2.33. The van der Waals surface area contributed by atoms with Crippen LogP contribution in [0.4, 0.5) is 0 Å². The summed E-state index contributed by atoms with van der Waals surface area (Å²) in [6, 6.07) is 34.1. The highest BCUT2D eigenvalue weighted by Gasteiger charge is 2.09. The van der Waals surface area contributed by atoms with Crippen molar-refractivity contribution in [2.24, 2.45) is 0 Å². The van der Waals surface area contributed by atoms with Crippen LogP contribution in [-0.4, -0.2) is 94.8 Å². The minimum absolute atomic E-state index is 0.445. The van der Waals surface area contributed by atoms with E-state index in [1.54, 1.807) is 0 Å². The molecule has 4 rings (SSSR count). The number of carbonyl (C=O) groups excluding carboxylic acids is 3. The van der Waals surface area contributed by atoms with Crippen molar-refractivity contribution in [1.29, 1.82) is 0 Å². The van der Waals surface area contributed by atoms with E-state index >= 15 is 0 Å². The predicted octanol–water partition coefficient (Wildman–Crippen LogP) is 2.46. The van der Waals surface area contributed by atoms with E-state index in [4.69, 9.17) is 0 Å². The summed E-state index contributed by atoms with van der Waals surface area (Å²) in [4.78, 5) is 31.3. The Labute approximate surface area is 286 Å². The standard InChI is InChI=1S/3C10H16N.C9H6O6/c3*1-11(2,3)9-10-7-5-4-6-8-10;10-7(11)4-1-2-5(8(12)13)6(3-4)9(14)15/h3*4-8H,9H2,1-3H3;1-3H,(H,10,11)(H,12,13)(H,14,15)/q3*+1;/p-3. The summed E-state index contributed by atoms with van der Waals surface area (Å²) in [5.41, 5.74) is 2.37. The summed E-state index contributed by atoms with van der Waals surface area (Å²) in [7, 11) is 19.8. The zero-order valence-corrected chi connectivity index (χ0v) is 29.8. The van der Waals surface area contributed by atoms with Gasteiger partial charge in [-0.3, -0.25) is 0 Å². The van der Waals surface area contributed by atoms with Crippen LogP contribution in [0.3, 0.4) is 0 Å². The van der Waals surface area contributed by atoms with Gasteiger partial charge in [-0.1, -0.05) is 103 Å². The van der Waals surface area contributed by atoms with Gasteiger partial charge in [-0.2, -0.15) is 0 Å². The first-order chi connectivity index (χ1) is 22.2. The quantitative estimate of drug-likeness (QED) is 0.255. The Balaban J connectivity index is 0.000000323. The Morgan fingerprint density at radius 2 is 0.708 bits per heavy atom. The van der Waals surface area contributed by atoms with Gasteiger partial charge in [-0.05, 0) is 11.6 Å². The minimum atomic E-state index is -1.79. The highest BCUT2D eigenvalue weighted by atomic mass is 16.4. The van der Waals surface area contributed by atoms with E-state index in [-0.39, 0.29) is 0 Å². The molecule has 258 valence electrons. The molecule has 0 atom stereocenters. The molecule has 9 nitrogen and oxygen atoms in total. The van der Waals surface area contributed by atoms with Crippen molar-refractivity contribution in [1.82, 2.24) is 0 Å². The maximum atomic E-state index is 10.5. The Kier molecular flexibility index (Phi) is 16.4. The molecule has 0 saturated carbocycles. The maximum Gasteiger partial charge on any atom is 0.104 e. The second kappa shape index (κ2) is 19.1. The number of carboxylic acids is 3. The molecular weight excluding hydrogens is 606 g/mol. The molecule has 0 heterocycles. The molecule has 0 amide bonds. The van der Waals surface area contributed by atoms with Crippen LogP contribution in [0.1, 0.15) is 47.8 Å². The first kappa shape index (κ1) is 41.2. The summed E-state index contributed by atoms with van der Waals surface area (Å²) in [5.74, 6) is -5.13. The van der Waals surface area contributed by atoms with Gasteiger partial charge in [0.05, 0.1) is 81.3 Å². The molecular formula is C39H51N3O6. The molecule has 0 radical (unpaired) electrons. The maximum absolute atomic E-state index is 10.5. The van der Waals surface area contributed by atoms with E-state index in [0.717, 1.165) is 45.2 Å². The fourth-order valence-electron chi connectivity index (χ4n) is 4.41. The molecule has 9 heteroatoms. The second-order valence-corrected chi connectivity index (χ2v) is 14.4. The Morgan fingerprint density at radius 1 is 0.417 bits per heavy atom. The molecule has 0 aliphatic carbocycles. The van der Waals surface area contributed by atoms with E-state index in [2.05, 4.69) is 154 Å². The number of quaternary nitrogens is 3. The topological polar surface area (TPSA) is 120 Å². The van der Waals surface area contributed by atoms with Crippen LogP contribution in [0.25, 0.3) is 0 Å². The number of benzene rings is 4. The molecule has 0 unspecified atom stereocenters. The van der Waals surface area contributed by atoms with Gasteiger partial charge in [0, 0.05) is 27.8 Å². The van der Waals surface area contributed by atoms with E-state index in [1.165, 1.54) is 16.7 Å². The van der Waals surface area contributed by atoms with Crippen molar-refractivity contribution < 1.29 is 43.2 Å². The molecule has 0 N–H and O–H groups in total. The molecule has 0 spiro atoms. The first-order valence-corrected chi connectivity index (χ1v) is 15.5. The van der Waals surface area contributed by atoms with Gasteiger partial charge in [0.25, 0.3) is 0 Å². The van der Waals surface area contributed by atoms with E-state index in [0.29, 0.717) is 6.07 Å². The summed E-state index contributed by atoms with van der Waals surface area (Å²) in [6.45, 7) is 3.29. The van der Waals surface area contributed by atoms with Crippen molar-refractivity contribution in [2.45, 2.75) is 19.6 Å². The summed E-state index contributed by atoms with van der Waals surface area (Å²) < 4.78 is 2.97. The average molecular weight is 658 g/mol. The normalized spacial score (nSPS) is 10.9. The fourth-order valence-corrected chi connectivity index (χ4v) is 4.41. The summed E-state index contributed by atoms with van der Waals surface area (Å²) in [5, 5.41) is 31.3. The van der Waals surface area contributed by atoms with Gasteiger partial charge in [-0.15, -0.1) is 0 Å². The van der Waals surface area contributed by atoms with Crippen LogP contribution in [0.15, 0.2) is 109 Å².